The summed E-state index contributed by atoms with van der Waals surface area (Å²) in [6.45, 7) is 3.69. The Morgan fingerprint density at radius 1 is 1.11 bits per heavy atom. The van der Waals surface area contributed by atoms with E-state index in [1.54, 1.807) is 18.2 Å². The van der Waals surface area contributed by atoms with Crippen molar-refractivity contribution >= 4 is 40.5 Å². The molecule has 1 aliphatic heterocycles. The van der Waals surface area contributed by atoms with E-state index in [0.717, 1.165) is 0 Å². The van der Waals surface area contributed by atoms with Crippen molar-refractivity contribution in [1.29, 1.82) is 0 Å². The molecule has 1 aliphatic rings. The van der Waals surface area contributed by atoms with E-state index in [1.807, 2.05) is 0 Å². The number of furan rings is 1. The molecular weight excluding hydrogens is 540 g/mol. The number of rotatable bonds is 6. The van der Waals surface area contributed by atoms with Gasteiger partial charge < -0.3 is 30.0 Å². The van der Waals surface area contributed by atoms with Crippen LogP contribution < -0.4 is 15.4 Å². The molecule has 0 bridgehead atoms. The predicted octanol–water partition coefficient (Wildman–Crippen LogP) is 5.48. The van der Waals surface area contributed by atoms with Crippen LogP contribution in [0.15, 0.2) is 71.7 Å². The molecule has 2 aromatic carbocycles. The number of aliphatic hydroxyl groups is 2. The largest absolute Gasteiger partial charge is 0.490 e. The number of thiocarbonyl (C=S) groups is 1. The second-order valence-corrected chi connectivity index (χ2v) is 9.13. The summed E-state index contributed by atoms with van der Waals surface area (Å²) in [5, 5.41) is 27.3. The van der Waals surface area contributed by atoms with Crippen LogP contribution in [0.1, 0.15) is 17.4 Å². The Balaban J connectivity index is 1.81. The fourth-order valence-electron chi connectivity index (χ4n) is 3.97. The van der Waals surface area contributed by atoms with Crippen molar-refractivity contribution in [3.8, 4) is 17.1 Å². The van der Waals surface area contributed by atoms with E-state index in [-0.39, 0.29) is 38.8 Å². The van der Waals surface area contributed by atoms with E-state index in [1.165, 1.54) is 42.5 Å². The minimum absolute atomic E-state index is 0.0977. The van der Waals surface area contributed by atoms with Crippen LogP contribution in [0.25, 0.3) is 11.3 Å². The lowest BCUT2D eigenvalue weighted by atomic mass is 9.75. The highest BCUT2D eigenvalue weighted by Crippen LogP contribution is 2.52. The summed E-state index contributed by atoms with van der Waals surface area (Å²) in [4.78, 5) is 0. The van der Waals surface area contributed by atoms with E-state index in [9.17, 15) is 23.4 Å². The fourth-order valence-corrected chi connectivity index (χ4v) is 4.63. The maximum absolute atomic E-state index is 14.6. The van der Waals surface area contributed by atoms with Gasteiger partial charge in [0.2, 0.25) is 11.3 Å². The second kappa shape index (κ2) is 9.60. The Hall–Kier alpha value is -2.76. The van der Waals surface area contributed by atoms with Crippen molar-refractivity contribution in [3.63, 3.8) is 0 Å². The van der Waals surface area contributed by atoms with Gasteiger partial charge >= 0.3 is 6.18 Å². The van der Waals surface area contributed by atoms with Gasteiger partial charge in [-0.05, 0) is 48.6 Å². The smallest absolute Gasteiger partial charge is 0.424 e. The molecule has 1 saturated heterocycles. The molecule has 1 fully saturated rings. The highest BCUT2D eigenvalue weighted by atomic mass is 35.5. The van der Waals surface area contributed by atoms with Crippen molar-refractivity contribution in [2.75, 3.05) is 6.61 Å². The number of alkyl halides is 3. The average Bonchev–Trinajstić information content (AvgIpc) is 3.31. The van der Waals surface area contributed by atoms with Gasteiger partial charge in [-0.25, -0.2) is 0 Å². The van der Waals surface area contributed by atoms with Crippen LogP contribution >= 0.6 is 35.4 Å². The first kappa shape index (κ1) is 26.3. The van der Waals surface area contributed by atoms with E-state index in [0.29, 0.717) is 11.3 Å². The van der Waals surface area contributed by atoms with Crippen molar-refractivity contribution < 1.29 is 32.5 Å². The number of nitrogens with one attached hydrogen (secondary N) is 2. The van der Waals surface area contributed by atoms with Crippen LogP contribution in [-0.2, 0) is 5.72 Å². The molecule has 190 valence electrons. The van der Waals surface area contributed by atoms with Crippen molar-refractivity contribution in [3.05, 3.63) is 88.6 Å². The van der Waals surface area contributed by atoms with E-state index < -0.39 is 23.5 Å². The van der Waals surface area contributed by atoms with Gasteiger partial charge in [0.05, 0.1) is 10.0 Å². The minimum atomic E-state index is -5.37. The van der Waals surface area contributed by atoms with Gasteiger partial charge in [-0.15, -0.1) is 0 Å². The average molecular weight is 559 g/mol. The number of ether oxygens (including phenoxy) is 1. The van der Waals surface area contributed by atoms with E-state index in [2.05, 4.69) is 17.2 Å². The number of halogens is 5. The van der Waals surface area contributed by atoms with Gasteiger partial charge in [0, 0.05) is 11.1 Å². The molecule has 4 N–H and O–H groups in total. The van der Waals surface area contributed by atoms with Gasteiger partial charge in [-0.1, -0.05) is 54.1 Å². The number of hydrogen-bond donors (Lipinski definition) is 4. The molecule has 0 amide bonds. The number of benzene rings is 2. The Labute approximate surface area is 219 Å². The Morgan fingerprint density at radius 3 is 2.44 bits per heavy atom. The zero-order valence-corrected chi connectivity index (χ0v) is 20.6. The summed E-state index contributed by atoms with van der Waals surface area (Å²) in [6, 6.07) is 10.3. The lowest BCUT2D eigenvalue weighted by molar-refractivity contribution is -0.343. The molecule has 3 atom stereocenters. The van der Waals surface area contributed by atoms with E-state index >= 15 is 0 Å². The topological polar surface area (TPSA) is 86.9 Å². The van der Waals surface area contributed by atoms with Gasteiger partial charge in [0.1, 0.15) is 29.9 Å². The van der Waals surface area contributed by atoms with Gasteiger partial charge in [-0.3, -0.25) is 0 Å². The number of hydrogen-bond acceptors (Lipinski definition) is 5. The van der Waals surface area contributed by atoms with Crippen molar-refractivity contribution in [2.24, 2.45) is 0 Å². The Kier molecular flexibility index (Phi) is 7.02. The highest BCUT2D eigenvalue weighted by Gasteiger charge is 2.74. The molecule has 4 rings (SSSR count). The first-order valence-electron chi connectivity index (χ1n) is 10.4. The van der Waals surface area contributed by atoms with Gasteiger partial charge in [0.25, 0.3) is 0 Å². The summed E-state index contributed by atoms with van der Waals surface area (Å²) in [7, 11) is 0. The molecule has 0 radical (unpaired) electrons. The van der Waals surface area contributed by atoms with Gasteiger partial charge in [-0.2, -0.15) is 13.2 Å². The van der Waals surface area contributed by atoms with Gasteiger partial charge in [0.15, 0.2) is 5.11 Å². The summed E-state index contributed by atoms with van der Waals surface area (Å²) in [5.74, 6) is 0.0644. The minimum Gasteiger partial charge on any atom is -0.490 e. The second-order valence-electron chi connectivity index (χ2n) is 7.93. The highest BCUT2D eigenvalue weighted by molar-refractivity contribution is 7.80. The third-order valence-electron chi connectivity index (χ3n) is 5.74. The summed E-state index contributed by atoms with van der Waals surface area (Å²) < 4.78 is 54.9. The molecule has 1 aromatic heterocycles. The first-order valence-corrected chi connectivity index (χ1v) is 11.6. The first-order chi connectivity index (χ1) is 16.9. The zero-order chi connectivity index (χ0) is 26.3. The summed E-state index contributed by atoms with van der Waals surface area (Å²) in [6.07, 6.45) is -3.88. The van der Waals surface area contributed by atoms with Crippen LogP contribution in [0.5, 0.6) is 5.75 Å². The predicted molar refractivity (Wildman–Crippen MR) is 133 cm³/mol. The molecular formula is C24H19Cl2F3N2O4S. The molecule has 3 aromatic rings. The quantitative estimate of drug-likeness (QED) is 0.235. The lowest BCUT2D eigenvalue weighted by Crippen LogP contribution is -2.77. The van der Waals surface area contributed by atoms with E-state index in [4.69, 9.17) is 44.6 Å². The SMILES string of the molecule is C=CCOc1ccc(C2(O)NC(=S)NC(c3ccc(-c4cccc(Cl)c4Cl)o3)C2(O)C(F)(F)F)cc1. The maximum Gasteiger partial charge on any atom is 0.424 e. The van der Waals surface area contributed by atoms with Crippen LogP contribution in [0.3, 0.4) is 0 Å². The fraction of sp³-hybridized carbons (Fsp3) is 0.208. The van der Waals surface area contributed by atoms with Crippen LogP contribution in [0.2, 0.25) is 10.0 Å². The van der Waals surface area contributed by atoms with Crippen molar-refractivity contribution in [2.45, 2.75) is 23.5 Å². The van der Waals surface area contributed by atoms with Crippen LogP contribution in [-0.4, -0.2) is 33.7 Å². The summed E-state index contributed by atoms with van der Waals surface area (Å²) >= 11 is 17.4. The summed E-state index contributed by atoms with van der Waals surface area (Å²) in [5.41, 5.74) is -6.94. The van der Waals surface area contributed by atoms with Crippen molar-refractivity contribution in [1.82, 2.24) is 10.6 Å². The molecule has 0 saturated carbocycles. The molecule has 0 aliphatic carbocycles. The maximum atomic E-state index is 14.6. The third-order valence-corrected chi connectivity index (χ3v) is 6.78. The Morgan fingerprint density at radius 2 is 1.81 bits per heavy atom. The molecule has 0 spiro atoms. The molecule has 2 heterocycles. The normalized spacial score (nSPS) is 24.1. The molecule has 12 heteroatoms. The Bertz CT molecular complexity index is 1300. The van der Waals surface area contributed by atoms with Crippen LogP contribution in [0, 0.1) is 0 Å². The van der Waals surface area contributed by atoms with Crippen LogP contribution in [0.4, 0.5) is 13.2 Å². The standard InChI is InChI=1S/C24H19Cl2F3N2O4S/c1-2-12-34-14-8-6-13(7-9-14)23(33)22(32,24(27,28)29)20(30-21(36)31-23)18-11-10-17(35-18)15-4-3-5-16(25)19(15)26/h2-11,20,32-33H,1,12H2,(H2,30,31,36). The third kappa shape index (κ3) is 4.33. The molecule has 3 unspecified atom stereocenters. The zero-order valence-electron chi connectivity index (χ0n) is 18.3. The molecule has 36 heavy (non-hydrogen) atoms. The monoisotopic (exact) mass is 558 g/mol. The lowest BCUT2D eigenvalue weighted by Gasteiger charge is -2.52. The molecule has 6 nitrogen and oxygen atoms in total.